The zero-order chi connectivity index (χ0) is 13.8. The molecule has 5 nitrogen and oxygen atoms in total. The van der Waals surface area contributed by atoms with Crippen LogP contribution in [0.1, 0.15) is 23.2 Å². The fraction of sp³-hybridized carbons (Fsp3) is 0.429. The third-order valence-corrected chi connectivity index (χ3v) is 3.18. The van der Waals surface area contributed by atoms with E-state index in [1.165, 1.54) is 4.90 Å². The van der Waals surface area contributed by atoms with E-state index >= 15 is 0 Å². The summed E-state index contributed by atoms with van der Waals surface area (Å²) in [6, 6.07) is 6.86. The predicted octanol–water partition coefficient (Wildman–Crippen LogP) is 1.08. The molecule has 0 saturated carbocycles. The molecule has 102 valence electrons. The lowest BCUT2D eigenvalue weighted by atomic mass is 10.1. The molecule has 0 aliphatic carbocycles. The van der Waals surface area contributed by atoms with Gasteiger partial charge in [0.05, 0.1) is 6.04 Å². The van der Waals surface area contributed by atoms with Crippen LogP contribution in [0.2, 0.25) is 0 Å². The Balaban J connectivity index is 1.98. The summed E-state index contributed by atoms with van der Waals surface area (Å²) in [6.45, 7) is 0.897. The van der Waals surface area contributed by atoms with E-state index in [-0.39, 0.29) is 17.9 Å². The molecule has 2 N–H and O–H groups in total. The van der Waals surface area contributed by atoms with E-state index in [0.29, 0.717) is 11.3 Å². The number of hydrogen-bond donors (Lipinski definition) is 2. The van der Waals surface area contributed by atoms with Crippen LogP contribution in [0.3, 0.4) is 0 Å². The quantitative estimate of drug-likeness (QED) is 0.856. The summed E-state index contributed by atoms with van der Waals surface area (Å²) in [6.07, 6.45) is 1.91. The first kappa shape index (κ1) is 13.5. The molecule has 1 saturated heterocycles. The molecular formula is C14H19N3O2. The highest BCUT2D eigenvalue weighted by molar-refractivity contribution is 5.97. The maximum Gasteiger partial charge on any atom is 0.253 e. The number of amides is 2. The highest BCUT2D eigenvalue weighted by Gasteiger charge is 2.21. The maximum absolute atomic E-state index is 11.9. The van der Waals surface area contributed by atoms with Gasteiger partial charge < -0.3 is 15.5 Å². The van der Waals surface area contributed by atoms with Gasteiger partial charge in [-0.1, -0.05) is 0 Å². The molecule has 1 fully saturated rings. The molecule has 2 amide bonds. The molecule has 1 aliphatic heterocycles. The van der Waals surface area contributed by atoms with Crippen LogP contribution in [0.25, 0.3) is 0 Å². The number of hydrogen-bond acceptors (Lipinski definition) is 3. The highest BCUT2D eigenvalue weighted by atomic mass is 16.2. The summed E-state index contributed by atoms with van der Waals surface area (Å²) in [5.74, 6) is -0.0560. The van der Waals surface area contributed by atoms with Gasteiger partial charge in [0.1, 0.15) is 0 Å². The molecule has 2 rings (SSSR count). The molecule has 0 spiro atoms. The first-order chi connectivity index (χ1) is 9.08. The van der Waals surface area contributed by atoms with Gasteiger partial charge in [0.25, 0.3) is 5.91 Å². The van der Waals surface area contributed by atoms with E-state index in [0.717, 1.165) is 19.4 Å². The van der Waals surface area contributed by atoms with E-state index in [2.05, 4.69) is 10.6 Å². The topological polar surface area (TPSA) is 61.4 Å². The van der Waals surface area contributed by atoms with Crippen LogP contribution in [0.4, 0.5) is 5.69 Å². The lowest BCUT2D eigenvalue weighted by molar-refractivity contribution is -0.117. The van der Waals surface area contributed by atoms with Crippen molar-refractivity contribution < 1.29 is 9.59 Å². The van der Waals surface area contributed by atoms with E-state index < -0.39 is 0 Å². The van der Waals surface area contributed by atoms with Crippen molar-refractivity contribution in [3.8, 4) is 0 Å². The van der Waals surface area contributed by atoms with Gasteiger partial charge in [-0.15, -0.1) is 0 Å². The molecule has 19 heavy (non-hydrogen) atoms. The van der Waals surface area contributed by atoms with Crippen molar-refractivity contribution in [2.24, 2.45) is 0 Å². The van der Waals surface area contributed by atoms with Gasteiger partial charge in [-0.05, 0) is 43.7 Å². The third kappa shape index (κ3) is 3.32. The molecular weight excluding hydrogens is 242 g/mol. The van der Waals surface area contributed by atoms with Crippen LogP contribution in [-0.2, 0) is 4.79 Å². The number of anilines is 1. The van der Waals surface area contributed by atoms with Crippen molar-refractivity contribution in [2.75, 3.05) is 26.0 Å². The van der Waals surface area contributed by atoms with Crippen LogP contribution < -0.4 is 10.6 Å². The number of carbonyl (C=O) groups excluding carboxylic acids is 2. The zero-order valence-electron chi connectivity index (χ0n) is 11.3. The molecule has 5 heteroatoms. The molecule has 1 aromatic carbocycles. The summed E-state index contributed by atoms with van der Waals surface area (Å²) >= 11 is 0. The smallest absolute Gasteiger partial charge is 0.253 e. The predicted molar refractivity (Wildman–Crippen MR) is 74.1 cm³/mol. The Bertz CT molecular complexity index is 462. The first-order valence-corrected chi connectivity index (χ1v) is 6.44. The summed E-state index contributed by atoms with van der Waals surface area (Å²) in [7, 11) is 3.42. The Morgan fingerprint density at radius 2 is 1.95 bits per heavy atom. The molecule has 0 aromatic heterocycles. The Hall–Kier alpha value is -1.88. The van der Waals surface area contributed by atoms with Crippen LogP contribution in [0.5, 0.6) is 0 Å². The number of nitrogens with zero attached hydrogens (tertiary/aromatic N) is 1. The second-order valence-corrected chi connectivity index (χ2v) is 4.92. The zero-order valence-corrected chi connectivity index (χ0v) is 11.3. The van der Waals surface area contributed by atoms with Gasteiger partial charge in [0, 0.05) is 25.3 Å². The minimum absolute atomic E-state index is 0.0100. The van der Waals surface area contributed by atoms with Crippen LogP contribution in [0.15, 0.2) is 24.3 Å². The van der Waals surface area contributed by atoms with Gasteiger partial charge in [0.15, 0.2) is 0 Å². The fourth-order valence-electron chi connectivity index (χ4n) is 2.09. The monoisotopic (exact) mass is 261 g/mol. The van der Waals surface area contributed by atoms with Gasteiger partial charge in [-0.3, -0.25) is 9.59 Å². The van der Waals surface area contributed by atoms with Crippen LogP contribution in [0, 0.1) is 0 Å². The Labute approximate surface area is 113 Å². The number of benzene rings is 1. The normalized spacial score (nSPS) is 18.1. The minimum atomic E-state index is -0.0944. The minimum Gasteiger partial charge on any atom is -0.345 e. The van der Waals surface area contributed by atoms with Gasteiger partial charge in [0.2, 0.25) is 5.91 Å². The van der Waals surface area contributed by atoms with E-state index in [4.69, 9.17) is 0 Å². The number of carbonyl (C=O) groups is 2. The summed E-state index contributed by atoms with van der Waals surface area (Å²) in [4.78, 5) is 25.1. The SMILES string of the molecule is CN(C)C(=O)c1ccc(NC(=O)C2CCCN2)cc1. The standard InChI is InChI=1S/C14H19N3O2/c1-17(2)14(19)10-5-7-11(8-6-10)16-13(18)12-4-3-9-15-12/h5-8,12,15H,3-4,9H2,1-2H3,(H,16,18). The van der Waals surface area contributed by atoms with E-state index in [1.807, 2.05) is 0 Å². The second kappa shape index (κ2) is 5.84. The molecule has 1 unspecified atom stereocenters. The molecule has 1 aliphatic rings. The lowest BCUT2D eigenvalue weighted by Crippen LogP contribution is -2.35. The molecule has 0 bridgehead atoms. The van der Waals surface area contributed by atoms with Crippen molar-refractivity contribution in [3.05, 3.63) is 29.8 Å². The summed E-state index contributed by atoms with van der Waals surface area (Å²) in [5.41, 5.74) is 1.33. The highest BCUT2D eigenvalue weighted by Crippen LogP contribution is 2.13. The third-order valence-electron chi connectivity index (χ3n) is 3.18. The van der Waals surface area contributed by atoms with E-state index in [1.54, 1.807) is 38.4 Å². The van der Waals surface area contributed by atoms with Crippen molar-refractivity contribution >= 4 is 17.5 Å². The van der Waals surface area contributed by atoms with Gasteiger partial charge >= 0.3 is 0 Å². The second-order valence-electron chi connectivity index (χ2n) is 4.92. The average molecular weight is 261 g/mol. The largest absolute Gasteiger partial charge is 0.345 e. The van der Waals surface area contributed by atoms with Gasteiger partial charge in [-0.2, -0.15) is 0 Å². The fourth-order valence-corrected chi connectivity index (χ4v) is 2.09. The Morgan fingerprint density at radius 3 is 2.47 bits per heavy atom. The Kier molecular flexibility index (Phi) is 4.16. The molecule has 0 radical (unpaired) electrons. The lowest BCUT2D eigenvalue weighted by Gasteiger charge is -2.13. The maximum atomic E-state index is 11.9. The molecule has 1 heterocycles. The molecule has 1 atom stereocenters. The Morgan fingerprint density at radius 1 is 1.26 bits per heavy atom. The van der Waals surface area contributed by atoms with Crippen LogP contribution >= 0.6 is 0 Å². The summed E-state index contributed by atoms with van der Waals surface area (Å²) < 4.78 is 0. The molecule has 1 aromatic rings. The van der Waals surface area contributed by atoms with Crippen molar-refractivity contribution in [1.82, 2.24) is 10.2 Å². The van der Waals surface area contributed by atoms with Crippen molar-refractivity contribution in [2.45, 2.75) is 18.9 Å². The number of rotatable bonds is 3. The first-order valence-electron chi connectivity index (χ1n) is 6.44. The number of nitrogens with one attached hydrogen (secondary N) is 2. The van der Waals surface area contributed by atoms with Gasteiger partial charge in [-0.25, -0.2) is 0 Å². The summed E-state index contributed by atoms with van der Waals surface area (Å²) in [5, 5.41) is 6.00. The van der Waals surface area contributed by atoms with E-state index in [9.17, 15) is 9.59 Å². The van der Waals surface area contributed by atoms with Crippen molar-refractivity contribution in [1.29, 1.82) is 0 Å². The average Bonchev–Trinajstić information content (AvgIpc) is 2.92. The van der Waals surface area contributed by atoms with Crippen LogP contribution in [-0.4, -0.2) is 43.4 Å². The van der Waals surface area contributed by atoms with Crippen molar-refractivity contribution in [3.63, 3.8) is 0 Å².